The zero-order valence-corrected chi connectivity index (χ0v) is 29.7. The predicted molar refractivity (Wildman–Crippen MR) is 193 cm³/mol. The van der Waals surface area contributed by atoms with Crippen molar-refractivity contribution in [1.82, 2.24) is 42.5 Å². The van der Waals surface area contributed by atoms with Crippen molar-refractivity contribution in [2.75, 3.05) is 45.8 Å². The predicted octanol–water partition coefficient (Wildman–Crippen LogP) is -7.42. The van der Waals surface area contributed by atoms with Crippen molar-refractivity contribution in [2.45, 2.75) is 94.4 Å². The maximum Gasteiger partial charge on any atom is 0.243 e. The smallest absolute Gasteiger partial charge is 0.243 e. The first kappa shape index (κ1) is 47.6. The molecule has 0 aromatic heterocycles. The molecule has 0 heterocycles. The standard InChI is InChI=1S/C29H62N16O7/c30-10-2-1-6-17(32)25(50)40-14-22(47)44-19(7-3-11-31)26(51)42-16-23(48)45-20(9-5-13-39-29(36)37)27(52)41-15-21(46)43-18(24(33)49)8-4-12-38-28(34)35/h17-20,24,26,42,49,51H,1-16,30-33H2,(H,40,50)(H,41,52)(H,43,46)(H,44,47)(H,45,48)(H4,34,35,38)(H4,36,37,39)/t17-,18-,19-,20-,24?,26?/m0/s1. The first-order chi connectivity index (χ1) is 24.6. The number of hydrogen-bond donors (Lipinski definition) is 18. The number of nitrogens with two attached hydrogens (primary N) is 6. The van der Waals surface area contributed by atoms with Gasteiger partial charge in [-0.1, -0.05) is 6.42 Å². The summed E-state index contributed by atoms with van der Waals surface area (Å²) in [6, 6.07) is -3.69. The second-order valence-corrected chi connectivity index (χ2v) is 12.0. The largest absolute Gasteiger partial charge is 0.377 e. The summed E-state index contributed by atoms with van der Waals surface area (Å²) >= 11 is 0. The van der Waals surface area contributed by atoms with Crippen LogP contribution in [0.25, 0.3) is 0 Å². The molecule has 0 saturated heterocycles. The maximum absolute atomic E-state index is 13.0. The van der Waals surface area contributed by atoms with Crippen molar-refractivity contribution in [3.8, 4) is 0 Å². The molecule has 5 amide bonds. The van der Waals surface area contributed by atoms with Gasteiger partial charge in [-0.2, -0.15) is 0 Å². The van der Waals surface area contributed by atoms with Crippen LogP contribution in [0, 0.1) is 10.8 Å². The van der Waals surface area contributed by atoms with Crippen LogP contribution in [0.5, 0.6) is 0 Å². The molecule has 0 saturated carbocycles. The molecule has 0 spiro atoms. The van der Waals surface area contributed by atoms with Gasteiger partial charge in [0.05, 0.1) is 37.8 Å². The Balaban J connectivity index is 5.21. The Hall–Kier alpha value is -4.39. The van der Waals surface area contributed by atoms with Crippen LogP contribution in [0.1, 0.15) is 57.8 Å². The van der Waals surface area contributed by atoms with E-state index in [0.717, 1.165) is 0 Å². The molecule has 0 radical (unpaired) electrons. The highest BCUT2D eigenvalue weighted by molar-refractivity contribution is 5.91. The Morgan fingerprint density at radius 1 is 0.577 bits per heavy atom. The van der Waals surface area contributed by atoms with Gasteiger partial charge in [0.1, 0.15) is 18.5 Å². The lowest BCUT2D eigenvalue weighted by molar-refractivity contribution is -0.130. The van der Waals surface area contributed by atoms with Crippen LogP contribution in [-0.4, -0.2) is 134 Å². The average Bonchev–Trinajstić information content (AvgIpc) is 3.08. The Morgan fingerprint density at radius 3 is 1.62 bits per heavy atom. The molecule has 6 atom stereocenters. The monoisotopic (exact) mass is 746 g/mol. The van der Waals surface area contributed by atoms with Crippen molar-refractivity contribution in [1.29, 1.82) is 10.8 Å². The lowest BCUT2D eigenvalue weighted by Gasteiger charge is -2.26. The van der Waals surface area contributed by atoms with Gasteiger partial charge in [0.2, 0.25) is 29.5 Å². The molecular formula is C29H62N16O7. The van der Waals surface area contributed by atoms with Crippen LogP contribution in [0.15, 0.2) is 0 Å². The molecule has 0 aromatic rings. The molecule has 0 rings (SSSR count). The zero-order valence-electron chi connectivity index (χ0n) is 29.7. The zero-order chi connectivity index (χ0) is 39.5. The van der Waals surface area contributed by atoms with E-state index in [0.29, 0.717) is 45.2 Å². The minimum Gasteiger partial charge on any atom is -0.377 e. The second kappa shape index (κ2) is 28.2. The number of nitrogens with one attached hydrogen (secondary N) is 10. The highest BCUT2D eigenvalue weighted by Crippen LogP contribution is 2.03. The van der Waals surface area contributed by atoms with Gasteiger partial charge in [0.25, 0.3) is 0 Å². The van der Waals surface area contributed by atoms with Crippen molar-refractivity contribution in [2.24, 2.45) is 34.4 Å². The van der Waals surface area contributed by atoms with Gasteiger partial charge in [-0.25, -0.2) is 0 Å². The number of aliphatic hydroxyl groups excluding tert-OH is 2. The number of carbonyl (C=O) groups excluding carboxylic acids is 5. The van der Waals surface area contributed by atoms with Crippen LogP contribution in [0.4, 0.5) is 0 Å². The van der Waals surface area contributed by atoms with Gasteiger partial charge >= 0.3 is 0 Å². The molecule has 23 heteroatoms. The molecule has 0 aromatic carbocycles. The third-order valence-corrected chi connectivity index (χ3v) is 7.47. The Kier molecular flexibility index (Phi) is 25.8. The van der Waals surface area contributed by atoms with E-state index in [1.54, 1.807) is 0 Å². The molecule has 0 aliphatic heterocycles. The lowest BCUT2D eigenvalue weighted by atomic mass is 10.1. The number of aliphatic hydroxyl groups is 2. The van der Waals surface area contributed by atoms with E-state index in [2.05, 4.69) is 42.5 Å². The van der Waals surface area contributed by atoms with Crippen LogP contribution in [-0.2, 0) is 24.0 Å². The van der Waals surface area contributed by atoms with E-state index in [4.69, 9.17) is 45.2 Å². The number of hydrogen-bond acceptors (Lipinski definition) is 14. The minimum atomic E-state index is -1.42. The molecular weight excluding hydrogens is 684 g/mol. The quantitative estimate of drug-likeness (QED) is 0.0146. The molecule has 23 nitrogen and oxygen atoms in total. The minimum absolute atomic E-state index is 0.0763. The Bertz CT molecular complexity index is 1120. The molecule has 300 valence electrons. The number of rotatable bonds is 29. The lowest BCUT2D eigenvalue weighted by Crippen LogP contribution is -2.56. The van der Waals surface area contributed by atoms with E-state index in [-0.39, 0.29) is 50.7 Å². The summed E-state index contributed by atoms with van der Waals surface area (Å²) in [5.74, 6) is -3.70. The van der Waals surface area contributed by atoms with Gasteiger partial charge in [0, 0.05) is 13.1 Å². The fourth-order valence-corrected chi connectivity index (χ4v) is 4.65. The average molecular weight is 747 g/mol. The van der Waals surface area contributed by atoms with Gasteiger partial charge in [-0.05, 0) is 64.5 Å². The summed E-state index contributed by atoms with van der Waals surface area (Å²) in [4.78, 5) is 63.2. The van der Waals surface area contributed by atoms with Gasteiger partial charge < -0.3 is 81.8 Å². The Labute approximate surface area is 303 Å². The number of amides is 5. The highest BCUT2D eigenvalue weighted by Gasteiger charge is 2.25. The van der Waals surface area contributed by atoms with E-state index in [1.807, 2.05) is 0 Å². The third kappa shape index (κ3) is 23.9. The normalized spacial score (nSPS) is 14.3. The summed E-state index contributed by atoms with van der Waals surface area (Å²) in [6.45, 7) is -0.122. The fraction of sp³-hybridized carbons (Fsp3) is 0.759. The van der Waals surface area contributed by atoms with Gasteiger partial charge in [-0.15, -0.1) is 0 Å². The molecule has 2 unspecified atom stereocenters. The number of guanidine groups is 2. The van der Waals surface area contributed by atoms with E-state index < -0.39 is 85.8 Å². The Morgan fingerprint density at radius 2 is 1.08 bits per heavy atom. The molecule has 0 aliphatic rings. The molecule has 24 N–H and O–H groups in total. The molecule has 0 fully saturated rings. The molecule has 0 aliphatic carbocycles. The van der Waals surface area contributed by atoms with Gasteiger partial charge in [0.15, 0.2) is 11.9 Å². The number of unbranched alkanes of at least 4 members (excludes halogenated alkanes) is 1. The molecule has 52 heavy (non-hydrogen) atoms. The summed E-state index contributed by atoms with van der Waals surface area (Å²) in [7, 11) is 0. The van der Waals surface area contributed by atoms with Crippen molar-refractivity contribution >= 4 is 41.5 Å². The van der Waals surface area contributed by atoms with E-state index >= 15 is 0 Å². The third-order valence-electron chi connectivity index (χ3n) is 7.47. The second-order valence-electron chi connectivity index (χ2n) is 12.0. The maximum atomic E-state index is 13.0. The van der Waals surface area contributed by atoms with Crippen LogP contribution < -0.4 is 76.9 Å². The highest BCUT2D eigenvalue weighted by atomic mass is 16.3. The first-order valence-electron chi connectivity index (χ1n) is 17.2. The fourth-order valence-electron chi connectivity index (χ4n) is 4.65. The topological polar surface area (TPSA) is 426 Å². The summed E-state index contributed by atoms with van der Waals surface area (Å²) in [6.07, 6.45) is 0.645. The van der Waals surface area contributed by atoms with E-state index in [9.17, 15) is 34.2 Å². The van der Waals surface area contributed by atoms with Crippen LogP contribution in [0.3, 0.4) is 0 Å². The SMILES string of the molecule is N=C(N)NCCC[C@H](NC(=O)CNC(O)[C@H](CCCN)NC(=O)CNC(=O)[C@@H](N)CCCCN)C(=O)NCC(=O)N[C@@H](CCCNC(=N)N)C(N)O. The number of carbonyl (C=O) groups is 5. The van der Waals surface area contributed by atoms with Crippen molar-refractivity contribution in [3.63, 3.8) is 0 Å². The summed E-state index contributed by atoms with van der Waals surface area (Å²) < 4.78 is 0. The summed E-state index contributed by atoms with van der Waals surface area (Å²) in [5.41, 5.74) is 33.0. The van der Waals surface area contributed by atoms with Crippen molar-refractivity contribution < 1.29 is 34.2 Å². The van der Waals surface area contributed by atoms with Crippen LogP contribution >= 0.6 is 0 Å². The van der Waals surface area contributed by atoms with Gasteiger partial charge in [-0.3, -0.25) is 40.1 Å². The molecule has 0 bridgehead atoms. The summed E-state index contributed by atoms with van der Waals surface area (Å²) in [5, 5.41) is 55.4. The van der Waals surface area contributed by atoms with Crippen LogP contribution in [0.2, 0.25) is 0 Å². The van der Waals surface area contributed by atoms with E-state index in [1.165, 1.54) is 0 Å². The first-order valence-corrected chi connectivity index (χ1v) is 17.2. The van der Waals surface area contributed by atoms with Crippen molar-refractivity contribution in [3.05, 3.63) is 0 Å².